The zero-order valence-corrected chi connectivity index (χ0v) is 15.8. The van der Waals surface area contributed by atoms with E-state index in [1.807, 2.05) is 42.5 Å². The summed E-state index contributed by atoms with van der Waals surface area (Å²) in [6.45, 7) is 0.239. The molecule has 28 heavy (non-hydrogen) atoms. The van der Waals surface area contributed by atoms with E-state index in [4.69, 9.17) is 19.2 Å². The number of benzene rings is 2. The van der Waals surface area contributed by atoms with Crippen molar-refractivity contribution >= 4 is 16.3 Å². The molecule has 6 nitrogen and oxygen atoms in total. The highest BCUT2D eigenvalue weighted by molar-refractivity contribution is 7.15. The molecule has 0 radical (unpaired) electrons. The molecule has 2 aromatic heterocycles. The van der Waals surface area contributed by atoms with Gasteiger partial charge in [0.15, 0.2) is 16.5 Å². The Balaban J connectivity index is 1.70. The van der Waals surface area contributed by atoms with E-state index in [-0.39, 0.29) is 13.2 Å². The minimum Gasteiger partial charge on any atom is -0.497 e. The number of hydrogen-bond donors (Lipinski definition) is 0. The van der Waals surface area contributed by atoms with Gasteiger partial charge in [0.1, 0.15) is 5.75 Å². The molecule has 0 unspecified atom stereocenters. The van der Waals surface area contributed by atoms with Gasteiger partial charge >= 0.3 is 0 Å². The van der Waals surface area contributed by atoms with Crippen molar-refractivity contribution < 1.29 is 14.2 Å². The molecule has 5 rings (SSSR count). The zero-order valence-electron chi connectivity index (χ0n) is 15.0. The fraction of sp³-hybridized carbons (Fsp3) is 0.143. The molecule has 0 atom stereocenters. The van der Waals surface area contributed by atoms with Gasteiger partial charge in [0.2, 0.25) is 6.79 Å². The van der Waals surface area contributed by atoms with E-state index in [1.54, 1.807) is 18.4 Å². The number of rotatable bonds is 4. The largest absolute Gasteiger partial charge is 0.497 e. The van der Waals surface area contributed by atoms with E-state index in [1.165, 1.54) is 0 Å². The van der Waals surface area contributed by atoms with Crippen molar-refractivity contribution in [2.45, 2.75) is 6.42 Å². The Morgan fingerprint density at radius 1 is 1.18 bits per heavy atom. The third-order valence-corrected chi connectivity index (χ3v) is 5.54. The number of methoxy groups -OCH3 is 1. The quantitative estimate of drug-likeness (QED) is 0.513. The van der Waals surface area contributed by atoms with E-state index < -0.39 is 0 Å². The van der Waals surface area contributed by atoms with E-state index in [9.17, 15) is 5.26 Å². The molecular weight excluding hydrogens is 374 g/mol. The fourth-order valence-electron chi connectivity index (χ4n) is 3.41. The number of ether oxygens (including phenoxy) is 3. The lowest BCUT2D eigenvalue weighted by atomic mass is 10.1. The second-order valence-electron chi connectivity index (χ2n) is 6.28. The summed E-state index contributed by atoms with van der Waals surface area (Å²) < 4.78 is 18.3. The van der Waals surface area contributed by atoms with Crippen molar-refractivity contribution in [3.63, 3.8) is 0 Å². The molecule has 0 bridgehead atoms. The minimum atomic E-state index is 0.239. The maximum absolute atomic E-state index is 9.45. The van der Waals surface area contributed by atoms with Gasteiger partial charge in [0.25, 0.3) is 0 Å². The van der Waals surface area contributed by atoms with Crippen LogP contribution >= 0.6 is 11.3 Å². The van der Waals surface area contributed by atoms with Crippen LogP contribution in [0.5, 0.6) is 17.2 Å². The van der Waals surface area contributed by atoms with E-state index in [0.29, 0.717) is 0 Å². The standard InChI is InChI=1S/C21H15N3O3S/c1-25-15-4-2-3-14(9-15)20-16(7-8-22)24-17(11-28-21(24)23-20)13-5-6-18-19(10-13)27-12-26-18/h2-6,9-11H,7,12H2,1H3. The minimum absolute atomic E-state index is 0.239. The van der Waals surface area contributed by atoms with Gasteiger partial charge in [-0.3, -0.25) is 4.40 Å². The van der Waals surface area contributed by atoms with Gasteiger partial charge in [-0.2, -0.15) is 5.26 Å². The van der Waals surface area contributed by atoms with Crippen LogP contribution in [0.15, 0.2) is 47.8 Å². The first kappa shape index (κ1) is 16.7. The lowest BCUT2D eigenvalue weighted by Crippen LogP contribution is -1.95. The summed E-state index contributed by atoms with van der Waals surface area (Å²) in [6.07, 6.45) is 0.252. The number of fused-ring (bicyclic) bond motifs is 2. The van der Waals surface area contributed by atoms with Crippen LogP contribution in [-0.2, 0) is 6.42 Å². The molecule has 4 aromatic rings. The van der Waals surface area contributed by atoms with Crippen LogP contribution in [0.2, 0.25) is 0 Å². The van der Waals surface area contributed by atoms with Crippen molar-refractivity contribution in [1.82, 2.24) is 9.38 Å². The van der Waals surface area contributed by atoms with Crippen LogP contribution in [0.25, 0.3) is 27.5 Å². The van der Waals surface area contributed by atoms with E-state index in [2.05, 4.69) is 15.8 Å². The summed E-state index contributed by atoms with van der Waals surface area (Å²) >= 11 is 1.55. The zero-order chi connectivity index (χ0) is 19.1. The van der Waals surface area contributed by atoms with Crippen LogP contribution in [-0.4, -0.2) is 23.3 Å². The second-order valence-corrected chi connectivity index (χ2v) is 7.12. The third-order valence-electron chi connectivity index (χ3n) is 4.72. The summed E-state index contributed by atoms with van der Waals surface area (Å²) in [6, 6.07) is 15.9. The van der Waals surface area contributed by atoms with Gasteiger partial charge in [0.05, 0.1) is 36.7 Å². The summed E-state index contributed by atoms with van der Waals surface area (Å²) in [5, 5.41) is 11.5. The molecule has 0 fully saturated rings. The van der Waals surface area contributed by atoms with Gasteiger partial charge < -0.3 is 14.2 Å². The van der Waals surface area contributed by atoms with Crippen LogP contribution in [0.4, 0.5) is 0 Å². The van der Waals surface area contributed by atoms with Crippen molar-refractivity contribution in [1.29, 1.82) is 5.26 Å². The molecule has 138 valence electrons. The average molecular weight is 389 g/mol. The summed E-state index contributed by atoms with van der Waals surface area (Å²) in [5.74, 6) is 2.23. The van der Waals surface area contributed by atoms with Crippen molar-refractivity contribution in [2.24, 2.45) is 0 Å². The number of thiazole rings is 1. The molecule has 1 aliphatic heterocycles. The molecule has 0 aliphatic carbocycles. The van der Waals surface area contributed by atoms with Crippen LogP contribution in [0, 0.1) is 11.3 Å². The highest BCUT2D eigenvalue weighted by Crippen LogP contribution is 2.39. The lowest BCUT2D eigenvalue weighted by Gasteiger charge is -2.07. The maximum Gasteiger partial charge on any atom is 0.231 e. The topological polar surface area (TPSA) is 68.8 Å². The van der Waals surface area contributed by atoms with E-state index >= 15 is 0 Å². The predicted molar refractivity (Wildman–Crippen MR) is 106 cm³/mol. The Bertz CT molecular complexity index is 1240. The van der Waals surface area contributed by atoms with Crippen molar-refractivity contribution in [3.8, 4) is 45.8 Å². The van der Waals surface area contributed by atoms with Gasteiger partial charge in [0, 0.05) is 16.5 Å². The summed E-state index contributed by atoms with van der Waals surface area (Å²) in [4.78, 5) is 5.66. The van der Waals surface area contributed by atoms with Gasteiger partial charge in [-0.1, -0.05) is 12.1 Å². The number of imidazole rings is 1. The first-order chi connectivity index (χ1) is 13.8. The molecule has 2 aromatic carbocycles. The molecule has 1 aliphatic rings. The van der Waals surface area contributed by atoms with Crippen LogP contribution in [0.3, 0.4) is 0 Å². The fourth-order valence-corrected chi connectivity index (χ4v) is 4.33. The lowest BCUT2D eigenvalue weighted by molar-refractivity contribution is 0.174. The van der Waals surface area contributed by atoms with Gasteiger partial charge in [-0.25, -0.2) is 4.98 Å². The van der Waals surface area contributed by atoms with Crippen LogP contribution < -0.4 is 14.2 Å². The third kappa shape index (κ3) is 2.58. The second kappa shape index (κ2) is 6.59. The number of aromatic nitrogens is 2. The highest BCUT2D eigenvalue weighted by atomic mass is 32.1. The summed E-state index contributed by atoms with van der Waals surface area (Å²) in [7, 11) is 1.64. The predicted octanol–water partition coefficient (Wildman–Crippen LogP) is 4.53. The molecular formula is C21H15N3O3S. The van der Waals surface area contributed by atoms with Gasteiger partial charge in [-0.15, -0.1) is 11.3 Å². The Labute approximate surface area is 165 Å². The molecule has 7 heteroatoms. The number of nitrogens with zero attached hydrogens (tertiary/aromatic N) is 3. The van der Waals surface area contributed by atoms with Gasteiger partial charge in [-0.05, 0) is 30.3 Å². The molecule has 0 N–H and O–H groups in total. The molecule has 3 heterocycles. The average Bonchev–Trinajstić information content (AvgIpc) is 3.43. The van der Waals surface area contributed by atoms with Crippen molar-refractivity contribution in [2.75, 3.05) is 13.9 Å². The number of hydrogen-bond acceptors (Lipinski definition) is 6. The SMILES string of the molecule is COc1cccc(-c2nc3scc(-c4ccc5c(c4)OCO5)n3c2CC#N)c1. The Morgan fingerprint density at radius 2 is 2.07 bits per heavy atom. The first-order valence-electron chi connectivity index (χ1n) is 8.68. The smallest absolute Gasteiger partial charge is 0.231 e. The van der Waals surface area contributed by atoms with Crippen molar-refractivity contribution in [3.05, 3.63) is 53.5 Å². The highest BCUT2D eigenvalue weighted by Gasteiger charge is 2.21. The maximum atomic E-state index is 9.45. The Hall–Kier alpha value is -3.50. The first-order valence-corrected chi connectivity index (χ1v) is 9.56. The molecule has 0 saturated carbocycles. The monoisotopic (exact) mass is 389 g/mol. The molecule has 0 spiro atoms. The van der Waals surface area contributed by atoms with Crippen LogP contribution in [0.1, 0.15) is 5.69 Å². The molecule has 0 saturated heterocycles. The Morgan fingerprint density at radius 3 is 2.93 bits per heavy atom. The Kier molecular flexibility index (Phi) is 3.92. The van der Waals surface area contributed by atoms with E-state index in [0.717, 1.165) is 50.4 Å². The number of nitriles is 1. The summed E-state index contributed by atoms with van der Waals surface area (Å²) in [5.41, 5.74) is 4.56. The molecule has 0 amide bonds. The normalized spacial score (nSPS) is 12.3.